The quantitative estimate of drug-likeness (QED) is 0.611. The summed E-state index contributed by atoms with van der Waals surface area (Å²) >= 11 is 0. The topological polar surface area (TPSA) is 12.0 Å². The maximum absolute atomic E-state index is 3.42. The fourth-order valence-electron chi connectivity index (χ4n) is 1.71. The van der Waals surface area contributed by atoms with Crippen molar-refractivity contribution in [3.8, 4) is 0 Å². The molecule has 0 radical (unpaired) electrons. The van der Waals surface area contributed by atoms with E-state index >= 15 is 0 Å². The van der Waals surface area contributed by atoms with Crippen LogP contribution in [-0.2, 0) is 0 Å². The molecule has 1 fully saturated rings. The molecule has 1 nitrogen and oxygen atoms in total. The molecule has 1 rings (SSSR count). The van der Waals surface area contributed by atoms with E-state index in [0.29, 0.717) is 5.54 Å². The zero-order valence-electron chi connectivity index (χ0n) is 6.54. The van der Waals surface area contributed by atoms with Crippen molar-refractivity contribution in [2.24, 2.45) is 0 Å². The predicted molar refractivity (Wildman–Crippen MR) is 40.5 cm³/mol. The van der Waals surface area contributed by atoms with Crippen molar-refractivity contribution in [1.82, 2.24) is 5.32 Å². The van der Waals surface area contributed by atoms with Gasteiger partial charge in [0.1, 0.15) is 0 Å². The molecule has 0 atom stereocenters. The Kier molecular flexibility index (Phi) is 2.12. The zero-order valence-corrected chi connectivity index (χ0v) is 6.54. The van der Waals surface area contributed by atoms with Crippen LogP contribution in [0, 0.1) is 0 Å². The van der Waals surface area contributed by atoms with Gasteiger partial charge in [-0.3, -0.25) is 0 Å². The number of hydrogen-bond acceptors (Lipinski definition) is 1. The van der Waals surface area contributed by atoms with Gasteiger partial charge in [-0.15, -0.1) is 0 Å². The Hall–Kier alpha value is -0.0400. The van der Waals surface area contributed by atoms with Crippen LogP contribution in [0.15, 0.2) is 0 Å². The molecule has 1 N–H and O–H groups in total. The van der Waals surface area contributed by atoms with Gasteiger partial charge in [-0.05, 0) is 32.7 Å². The van der Waals surface area contributed by atoms with Crippen LogP contribution < -0.4 is 5.32 Å². The smallest absolute Gasteiger partial charge is 0.0178 e. The summed E-state index contributed by atoms with van der Waals surface area (Å²) in [5, 5.41) is 3.42. The molecule has 0 aromatic carbocycles. The molecule has 54 valence electrons. The van der Waals surface area contributed by atoms with Gasteiger partial charge >= 0.3 is 0 Å². The van der Waals surface area contributed by atoms with E-state index in [4.69, 9.17) is 0 Å². The van der Waals surface area contributed by atoms with E-state index in [-0.39, 0.29) is 0 Å². The average Bonchev–Trinajstić information content (AvgIpc) is 1.79. The Morgan fingerprint density at radius 3 is 2.22 bits per heavy atom. The first-order chi connectivity index (χ1) is 4.33. The first-order valence-corrected chi connectivity index (χ1v) is 4.02. The maximum atomic E-state index is 3.42. The molecular formula is C8H17N. The first-order valence-electron chi connectivity index (χ1n) is 4.02. The van der Waals surface area contributed by atoms with Gasteiger partial charge in [0, 0.05) is 5.54 Å². The molecule has 9 heavy (non-hydrogen) atoms. The molecular weight excluding hydrogens is 110 g/mol. The van der Waals surface area contributed by atoms with Gasteiger partial charge in [0.25, 0.3) is 0 Å². The highest BCUT2D eigenvalue weighted by molar-refractivity contribution is 4.93. The van der Waals surface area contributed by atoms with Gasteiger partial charge in [0.2, 0.25) is 0 Å². The minimum atomic E-state index is 0.564. The molecule has 1 saturated carbocycles. The molecule has 0 aromatic rings. The van der Waals surface area contributed by atoms with Crippen molar-refractivity contribution in [2.75, 3.05) is 7.05 Å². The molecule has 0 aromatic heterocycles. The number of nitrogens with one attached hydrogen (secondary N) is 1. The third-order valence-corrected chi connectivity index (χ3v) is 2.57. The standard InChI is InChI=1S/C8H17N/c1-3-5-8(9-2)6-4-7-8/h9H,3-7H2,1-2H3. The Morgan fingerprint density at radius 1 is 1.44 bits per heavy atom. The Bertz CT molecular complexity index is 79.1. The molecule has 1 aliphatic rings. The SMILES string of the molecule is CCCC1(NC)CCC1. The van der Waals surface area contributed by atoms with Crippen molar-refractivity contribution in [1.29, 1.82) is 0 Å². The molecule has 0 heterocycles. The van der Waals surface area contributed by atoms with Gasteiger partial charge in [-0.2, -0.15) is 0 Å². The van der Waals surface area contributed by atoms with Crippen LogP contribution in [0.3, 0.4) is 0 Å². The van der Waals surface area contributed by atoms with Crippen molar-refractivity contribution in [2.45, 2.75) is 44.6 Å². The third kappa shape index (κ3) is 1.26. The summed E-state index contributed by atoms with van der Waals surface area (Å²) in [7, 11) is 2.09. The molecule has 0 aliphatic heterocycles. The fourth-order valence-corrected chi connectivity index (χ4v) is 1.71. The van der Waals surface area contributed by atoms with Gasteiger partial charge in [-0.25, -0.2) is 0 Å². The lowest BCUT2D eigenvalue weighted by Gasteiger charge is -2.41. The van der Waals surface area contributed by atoms with Crippen LogP contribution in [-0.4, -0.2) is 12.6 Å². The summed E-state index contributed by atoms with van der Waals surface area (Å²) in [6, 6.07) is 0. The Balaban J connectivity index is 2.28. The summed E-state index contributed by atoms with van der Waals surface area (Å²) in [4.78, 5) is 0. The molecule has 0 spiro atoms. The predicted octanol–water partition coefficient (Wildman–Crippen LogP) is 1.93. The Labute approximate surface area is 57.8 Å². The van der Waals surface area contributed by atoms with Gasteiger partial charge in [-0.1, -0.05) is 13.3 Å². The molecule has 1 heteroatoms. The van der Waals surface area contributed by atoms with Crippen molar-refractivity contribution >= 4 is 0 Å². The lowest BCUT2D eigenvalue weighted by atomic mass is 9.74. The van der Waals surface area contributed by atoms with E-state index in [2.05, 4.69) is 19.3 Å². The lowest BCUT2D eigenvalue weighted by molar-refractivity contribution is 0.182. The van der Waals surface area contributed by atoms with E-state index in [1.165, 1.54) is 32.1 Å². The van der Waals surface area contributed by atoms with Crippen molar-refractivity contribution in [3.63, 3.8) is 0 Å². The summed E-state index contributed by atoms with van der Waals surface area (Å²) in [5.74, 6) is 0. The van der Waals surface area contributed by atoms with E-state index in [1.807, 2.05) is 0 Å². The Morgan fingerprint density at radius 2 is 2.11 bits per heavy atom. The van der Waals surface area contributed by atoms with Gasteiger partial charge in [0.05, 0.1) is 0 Å². The van der Waals surface area contributed by atoms with Crippen molar-refractivity contribution in [3.05, 3.63) is 0 Å². The van der Waals surface area contributed by atoms with Crippen LogP contribution in [0.25, 0.3) is 0 Å². The molecule has 0 bridgehead atoms. The highest BCUT2D eigenvalue weighted by Crippen LogP contribution is 2.35. The highest BCUT2D eigenvalue weighted by atomic mass is 15.0. The average molecular weight is 127 g/mol. The number of hydrogen-bond donors (Lipinski definition) is 1. The van der Waals surface area contributed by atoms with Crippen LogP contribution in [0.5, 0.6) is 0 Å². The van der Waals surface area contributed by atoms with E-state index in [9.17, 15) is 0 Å². The van der Waals surface area contributed by atoms with Crippen molar-refractivity contribution < 1.29 is 0 Å². The monoisotopic (exact) mass is 127 g/mol. The minimum Gasteiger partial charge on any atom is -0.314 e. The molecule has 0 amide bonds. The summed E-state index contributed by atoms with van der Waals surface area (Å²) in [6.45, 7) is 2.26. The van der Waals surface area contributed by atoms with Crippen LogP contribution >= 0.6 is 0 Å². The second kappa shape index (κ2) is 2.70. The largest absolute Gasteiger partial charge is 0.314 e. The highest BCUT2D eigenvalue weighted by Gasteiger charge is 2.33. The van der Waals surface area contributed by atoms with Gasteiger partial charge in [0.15, 0.2) is 0 Å². The lowest BCUT2D eigenvalue weighted by Crippen LogP contribution is -2.48. The van der Waals surface area contributed by atoms with Crippen LogP contribution in [0.4, 0.5) is 0 Å². The van der Waals surface area contributed by atoms with E-state index < -0.39 is 0 Å². The summed E-state index contributed by atoms with van der Waals surface area (Å²) < 4.78 is 0. The minimum absolute atomic E-state index is 0.564. The second-order valence-corrected chi connectivity index (χ2v) is 3.13. The summed E-state index contributed by atoms with van der Waals surface area (Å²) in [5.41, 5.74) is 0.564. The zero-order chi connectivity index (χ0) is 6.74. The third-order valence-electron chi connectivity index (χ3n) is 2.57. The molecule has 0 saturated heterocycles. The first kappa shape index (κ1) is 7.07. The number of rotatable bonds is 3. The molecule has 1 aliphatic carbocycles. The van der Waals surface area contributed by atoms with Gasteiger partial charge < -0.3 is 5.32 Å². The van der Waals surface area contributed by atoms with E-state index in [1.54, 1.807) is 0 Å². The van der Waals surface area contributed by atoms with Crippen LogP contribution in [0.1, 0.15) is 39.0 Å². The summed E-state index contributed by atoms with van der Waals surface area (Å²) in [6.07, 6.45) is 6.92. The fraction of sp³-hybridized carbons (Fsp3) is 1.00. The molecule has 0 unspecified atom stereocenters. The van der Waals surface area contributed by atoms with E-state index in [0.717, 1.165) is 0 Å². The second-order valence-electron chi connectivity index (χ2n) is 3.13. The van der Waals surface area contributed by atoms with Crippen LogP contribution in [0.2, 0.25) is 0 Å². The maximum Gasteiger partial charge on any atom is 0.0178 e. The normalized spacial score (nSPS) is 23.3.